The molecule has 0 aromatic heterocycles. The first-order chi connectivity index (χ1) is 25.6. The highest BCUT2D eigenvalue weighted by Gasteiger charge is 2.54. The zero-order valence-corrected chi connectivity index (χ0v) is 35.0. The molecular weight excluding hydrogens is 767 g/mol. The standard InChI is InChI=1S/C40H51Cl3N4O6Si/c1-25-28(4)50-36(27(3)34(25)48-23-29-17-11-8-12-18-29)52-35-26(2)33(46-47-45)37(53-38(44)40(41,42)43)51-32(35)24-49-54(39(5,6)7,30-19-13-9-14-20-30)31-21-15-10-16-22-31/h8-22,25-28,32-37,44H,23-24H2,1-7H3/t25-,26-,27?,28?,32?,33?,34-,35-,36+,37?/m1/s1. The summed E-state index contributed by atoms with van der Waals surface area (Å²) in [6.45, 7) is 15.2. The maximum absolute atomic E-state index is 9.68. The molecule has 2 fully saturated rings. The number of azide groups is 1. The van der Waals surface area contributed by atoms with Crippen LogP contribution in [0.25, 0.3) is 10.4 Å². The van der Waals surface area contributed by atoms with Crippen molar-refractivity contribution in [2.45, 2.75) is 107 Å². The zero-order chi connectivity index (χ0) is 39.3. The molecule has 54 heavy (non-hydrogen) atoms. The van der Waals surface area contributed by atoms with Crippen molar-refractivity contribution in [3.05, 3.63) is 107 Å². The molecule has 0 bridgehead atoms. The van der Waals surface area contributed by atoms with Crippen LogP contribution in [-0.4, -0.2) is 67.7 Å². The van der Waals surface area contributed by atoms with E-state index in [2.05, 4.69) is 68.9 Å². The summed E-state index contributed by atoms with van der Waals surface area (Å²) < 4.78 is 37.7. The molecular formula is C40H51Cl3N4O6Si. The van der Waals surface area contributed by atoms with Gasteiger partial charge in [-0.15, -0.1) is 0 Å². The molecule has 2 aliphatic rings. The lowest BCUT2D eigenvalue weighted by atomic mass is 9.85. The second kappa shape index (κ2) is 18.1. The van der Waals surface area contributed by atoms with E-state index in [0.717, 1.165) is 15.9 Å². The number of nitrogens with zero attached hydrogens (tertiary/aromatic N) is 3. The van der Waals surface area contributed by atoms with Gasteiger partial charge in [-0.25, -0.2) is 0 Å². The summed E-state index contributed by atoms with van der Waals surface area (Å²) in [4.78, 5) is 3.10. The van der Waals surface area contributed by atoms with Crippen molar-refractivity contribution >= 4 is 59.4 Å². The number of ether oxygens (including phenoxy) is 5. The molecule has 5 rings (SSSR count). The molecule has 2 saturated heterocycles. The van der Waals surface area contributed by atoms with E-state index in [-0.39, 0.29) is 35.7 Å². The van der Waals surface area contributed by atoms with E-state index in [9.17, 15) is 5.53 Å². The van der Waals surface area contributed by atoms with Gasteiger partial charge in [0.2, 0.25) is 12.2 Å². The van der Waals surface area contributed by atoms with Crippen LogP contribution in [0.2, 0.25) is 5.04 Å². The van der Waals surface area contributed by atoms with Gasteiger partial charge in [0, 0.05) is 16.7 Å². The topological polar surface area (TPSA) is 128 Å². The van der Waals surface area contributed by atoms with Crippen LogP contribution in [-0.2, 0) is 34.7 Å². The van der Waals surface area contributed by atoms with E-state index < -0.39 is 54.8 Å². The molecule has 0 spiro atoms. The minimum Gasteiger partial charge on any atom is -0.448 e. The molecule has 10 nitrogen and oxygen atoms in total. The average Bonchev–Trinajstić information content (AvgIpc) is 3.14. The summed E-state index contributed by atoms with van der Waals surface area (Å²) in [5.41, 5.74) is 10.8. The van der Waals surface area contributed by atoms with Crippen LogP contribution in [0.4, 0.5) is 0 Å². The summed E-state index contributed by atoms with van der Waals surface area (Å²) in [6, 6.07) is 29.6. The summed E-state index contributed by atoms with van der Waals surface area (Å²) in [7, 11) is -3.06. The van der Waals surface area contributed by atoms with Crippen LogP contribution in [0.15, 0.2) is 96.1 Å². The molecule has 2 aliphatic heterocycles. The first-order valence-corrected chi connectivity index (χ1v) is 21.4. The molecule has 0 saturated carbocycles. The van der Waals surface area contributed by atoms with Crippen molar-refractivity contribution in [2.24, 2.45) is 22.9 Å². The molecule has 292 valence electrons. The van der Waals surface area contributed by atoms with Crippen molar-refractivity contribution in [2.75, 3.05) is 6.61 Å². The first kappa shape index (κ1) is 42.5. The Morgan fingerprint density at radius 2 is 1.35 bits per heavy atom. The van der Waals surface area contributed by atoms with Crippen LogP contribution in [0.1, 0.15) is 54.0 Å². The van der Waals surface area contributed by atoms with Crippen LogP contribution in [0.3, 0.4) is 0 Å². The highest BCUT2D eigenvalue weighted by Crippen LogP contribution is 2.41. The van der Waals surface area contributed by atoms with Gasteiger partial charge in [0.25, 0.3) is 12.1 Å². The summed E-state index contributed by atoms with van der Waals surface area (Å²) in [5.74, 6) is -1.29. The molecule has 0 aliphatic carbocycles. The van der Waals surface area contributed by atoms with E-state index >= 15 is 0 Å². The van der Waals surface area contributed by atoms with Crippen molar-refractivity contribution in [1.82, 2.24) is 0 Å². The van der Waals surface area contributed by atoms with E-state index in [4.69, 9.17) is 68.3 Å². The highest BCUT2D eigenvalue weighted by atomic mass is 35.6. The minimum atomic E-state index is -3.06. The van der Waals surface area contributed by atoms with Gasteiger partial charge in [-0.1, -0.05) is 172 Å². The Hall–Kier alpha value is -2.67. The number of alkyl halides is 3. The molecule has 0 radical (unpaired) electrons. The number of hydrogen-bond acceptors (Lipinski definition) is 8. The Morgan fingerprint density at radius 1 is 0.796 bits per heavy atom. The quantitative estimate of drug-likeness (QED) is 0.0370. The predicted octanol–water partition coefficient (Wildman–Crippen LogP) is 8.95. The second-order valence-electron chi connectivity index (χ2n) is 15.3. The van der Waals surface area contributed by atoms with E-state index in [1.54, 1.807) is 0 Å². The third kappa shape index (κ3) is 9.46. The van der Waals surface area contributed by atoms with Gasteiger partial charge < -0.3 is 28.1 Å². The number of rotatable bonds is 12. The maximum Gasteiger partial charge on any atom is 0.265 e. The Kier molecular flexibility index (Phi) is 14.2. The molecule has 3 aromatic rings. The fraction of sp³-hybridized carbons (Fsp3) is 0.525. The Morgan fingerprint density at radius 3 is 1.87 bits per heavy atom. The fourth-order valence-electron chi connectivity index (χ4n) is 7.67. The molecule has 10 atom stereocenters. The van der Waals surface area contributed by atoms with E-state index in [0.29, 0.717) is 6.61 Å². The van der Waals surface area contributed by atoms with Gasteiger partial charge in [0.1, 0.15) is 12.1 Å². The summed E-state index contributed by atoms with van der Waals surface area (Å²) >= 11 is 18.1. The van der Waals surface area contributed by atoms with Gasteiger partial charge in [0.05, 0.1) is 31.5 Å². The monoisotopic (exact) mass is 816 g/mol. The van der Waals surface area contributed by atoms with Crippen molar-refractivity contribution in [3.63, 3.8) is 0 Å². The number of nitrogens with one attached hydrogen (secondary N) is 1. The van der Waals surface area contributed by atoms with Crippen LogP contribution in [0, 0.1) is 23.2 Å². The molecule has 5 unspecified atom stereocenters. The van der Waals surface area contributed by atoms with Gasteiger partial charge in [-0.2, -0.15) is 0 Å². The highest BCUT2D eigenvalue weighted by molar-refractivity contribution is 6.99. The number of benzene rings is 3. The molecule has 0 amide bonds. The third-order valence-electron chi connectivity index (χ3n) is 10.7. The van der Waals surface area contributed by atoms with E-state index in [1.165, 1.54) is 0 Å². The summed E-state index contributed by atoms with van der Waals surface area (Å²) in [5, 5.41) is 14.3. The van der Waals surface area contributed by atoms with Crippen LogP contribution >= 0.6 is 34.8 Å². The van der Waals surface area contributed by atoms with E-state index in [1.807, 2.05) is 80.6 Å². The predicted molar refractivity (Wildman–Crippen MR) is 216 cm³/mol. The van der Waals surface area contributed by atoms with Crippen LogP contribution in [0.5, 0.6) is 0 Å². The SMILES string of the molecule is CC1O[C@@H](O[C@H]2C(CO[Si](c3ccccc3)(c3ccccc3)C(C)(C)C)OC(OC(=N)C(Cl)(Cl)Cl)C(N=[N+]=[N-])[C@H]2C)C(C)[C@H](OCc2ccccc2)[C@@H]1C. The Labute approximate surface area is 334 Å². The van der Waals surface area contributed by atoms with Gasteiger partial charge >= 0.3 is 0 Å². The smallest absolute Gasteiger partial charge is 0.265 e. The number of halogens is 3. The maximum atomic E-state index is 9.68. The van der Waals surface area contributed by atoms with Gasteiger partial charge in [0.15, 0.2) is 6.29 Å². The third-order valence-corrected chi connectivity index (χ3v) is 16.2. The Bertz CT molecular complexity index is 1670. The van der Waals surface area contributed by atoms with Crippen LogP contribution < -0.4 is 10.4 Å². The van der Waals surface area contributed by atoms with Crippen molar-refractivity contribution < 1.29 is 28.1 Å². The largest absolute Gasteiger partial charge is 0.448 e. The lowest BCUT2D eigenvalue weighted by Crippen LogP contribution is -2.68. The second-order valence-corrected chi connectivity index (χ2v) is 21.9. The first-order valence-electron chi connectivity index (χ1n) is 18.3. The number of hydrogen-bond donors (Lipinski definition) is 1. The molecule has 2 heterocycles. The molecule has 3 aromatic carbocycles. The Balaban J connectivity index is 1.52. The molecule has 14 heteroatoms. The fourth-order valence-corrected chi connectivity index (χ4v) is 12.4. The van der Waals surface area contributed by atoms with Crippen molar-refractivity contribution in [1.29, 1.82) is 5.41 Å². The van der Waals surface area contributed by atoms with Gasteiger partial charge in [-0.3, -0.25) is 5.41 Å². The van der Waals surface area contributed by atoms with Gasteiger partial charge in [-0.05, 0) is 39.3 Å². The zero-order valence-electron chi connectivity index (χ0n) is 31.8. The normalized spacial score (nSPS) is 29.2. The minimum absolute atomic E-state index is 0.0627. The molecule has 1 N–H and O–H groups in total. The lowest BCUT2D eigenvalue weighted by molar-refractivity contribution is -0.318. The van der Waals surface area contributed by atoms with Crippen molar-refractivity contribution in [3.8, 4) is 0 Å². The lowest BCUT2D eigenvalue weighted by Gasteiger charge is -2.49. The average molecular weight is 818 g/mol. The summed E-state index contributed by atoms with van der Waals surface area (Å²) in [6.07, 6.45) is -3.87.